The molecule has 0 atom stereocenters. The summed E-state index contributed by atoms with van der Waals surface area (Å²) in [6.45, 7) is 1.70. The summed E-state index contributed by atoms with van der Waals surface area (Å²) >= 11 is 0. The van der Waals surface area contributed by atoms with Gasteiger partial charge in [-0.1, -0.05) is 0 Å². The van der Waals surface area contributed by atoms with Gasteiger partial charge >= 0.3 is 6.18 Å². The maximum atomic E-state index is 12.6. The highest BCUT2D eigenvalue weighted by atomic mass is 19.4. The highest BCUT2D eigenvalue weighted by Gasteiger charge is 2.30. The molecule has 0 aromatic carbocycles. The lowest BCUT2D eigenvalue weighted by molar-refractivity contribution is -0.137. The normalized spacial score (nSPS) is 11.4. The van der Waals surface area contributed by atoms with Gasteiger partial charge in [0.15, 0.2) is 11.6 Å². The third-order valence-corrected chi connectivity index (χ3v) is 3.34. The Morgan fingerprint density at radius 1 is 1.20 bits per heavy atom. The summed E-state index contributed by atoms with van der Waals surface area (Å²) in [6, 6.07) is 6.97. The molecule has 25 heavy (non-hydrogen) atoms. The van der Waals surface area contributed by atoms with Gasteiger partial charge < -0.3 is 5.32 Å². The van der Waals surface area contributed by atoms with Crippen molar-refractivity contribution in [3.63, 3.8) is 0 Å². The van der Waals surface area contributed by atoms with E-state index in [0.29, 0.717) is 11.3 Å². The van der Waals surface area contributed by atoms with E-state index in [0.717, 1.165) is 12.3 Å². The number of carbonyl (C=O) groups excluding carboxylic acids is 1. The topological polar surface area (TPSA) is 72.7 Å². The van der Waals surface area contributed by atoms with Crippen molar-refractivity contribution in [2.24, 2.45) is 0 Å². The molecule has 128 valence electrons. The van der Waals surface area contributed by atoms with Crippen molar-refractivity contribution in [3.8, 4) is 5.82 Å². The van der Waals surface area contributed by atoms with E-state index in [9.17, 15) is 18.0 Å². The van der Waals surface area contributed by atoms with Crippen molar-refractivity contribution < 1.29 is 18.0 Å². The molecular formula is C16H12F3N5O. The first-order valence-electron chi connectivity index (χ1n) is 7.16. The summed E-state index contributed by atoms with van der Waals surface area (Å²) in [5, 5.41) is 6.76. The molecule has 0 spiro atoms. The first-order valence-corrected chi connectivity index (χ1v) is 7.16. The fourth-order valence-electron chi connectivity index (χ4n) is 2.13. The number of aromatic nitrogens is 4. The highest BCUT2D eigenvalue weighted by molar-refractivity contribution is 6.03. The molecule has 0 radical (unpaired) electrons. The number of halogens is 3. The third kappa shape index (κ3) is 3.65. The van der Waals surface area contributed by atoms with Gasteiger partial charge in [0, 0.05) is 30.4 Å². The van der Waals surface area contributed by atoms with Crippen LogP contribution in [0.1, 0.15) is 21.6 Å². The number of hydrogen-bond acceptors (Lipinski definition) is 4. The van der Waals surface area contributed by atoms with Crippen LogP contribution in [0.5, 0.6) is 0 Å². The van der Waals surface area contributed by atoms with E-state index in [2.05, 4.69) is 20.4 Å². The lowest BCUT2D eigenvalue weighted by atomic mass is 10.3. The SMILES string of the molecule is Cc1cc(NC(=O)c2cccnc2)nn1-c1ccc(C(F)(F)F)cn1. The molecule has 3 heterocycles. The van der Waals surface area contributed by atoms with Crippen molar-refractivity contribution in [1.29, 1.82) is 0 Å². The predicted octanol–water partition coefficient (Wildman–Crippen LogP) is 3.24. The molecule has 3 rings (SSSR count). The van der Waals surface area contributed by atoms with Crippen LogP contribution in [0.3, 0.4) is 0 Å². The predicted molar refractivity (Wildman–Crippen MR) is 83.3 cm³/mol. The van der Waals surface area contributed by atoms with E-state index in [4.69, 9.17) is 0 Å². The van der Waals surface area contributed by atoms with E-state index >= 15 is 0 Å². The van der Waals surface area contributed by atoms with E-state index in [-0.39, 0.29) is 11.6 Å². The Kier molecular flexibility index (Phi) is 4.22. The van der Waals surface area contributed by atoms with Gasteiger partial charge in [-0.15, -0.1) is 5.10 Å². The first kappa shape index (κ1) is 16.6. The van der Waals surface area contributed by atoms with Gasteiger partial charge in [0.1, 0.15) is 0 Å². The summed E-state index contributed by atoms with van der Waals surface area (Å²) in [5.41, 5.74) is 0.127. The van der Waals surface area contributed by atoms with Crippen LogP contribution in [0, 0.1) is 6.92 Å². The number of hydrogen-bond donors (Lipinski definition) is 1. The smallest absolute Gasteiger partial charge is 0.305 e. The van der Waals surface area contributed by atoms with Crippen LogP contribution in [0.15, 0.2) is 48.9 Å². The summed E-state index contributed by atoms with van der Waals surface area (Å²) < 4.78 is 39.1. The molecule has 0 aliphatic heterocycles. The van der Waals surface area contributed by atoms with Crippen molar-refractivity contribution in [2.45, 2.75) is 13.1 Å². The van der Waals surface area contributed by atoms with Crippen molar-refractivity contribution >= 4 is 11.7 Å². The largest absolute Gasteiger partial charge is 0.417 e. The first-order chi connectivity index (χ1) is 11.8. The van der Waals surface area contributed by atoms with Crippen LogP contribution in [-0.2, 0) is 6.18 Å². The van der Waals surface area contributed by atoms with Gasteiger partial charge in [0.05, 0.1) is 11.1 Å². The van der Waals surface area contributed by atoms with E-state index in [1.54, 1.807) is 31.3 Å². The second kappa shape index (κ2) is 6.34. The highest BCUT2D eigenvalue weighted by Crippen LogP contribution is 2.28. The average Bonchev–Trinajstić information content (AvgIpc) is 2.95. The fraction of sp³-hybridized carbons (Fsp3) is 0.125. The van der Waals surface area contributed by atoms with E-state index < -0.39 is 17.6 Å². The van der Waals surface area contributed by atoms with Crippen LogP contribution in [-0.4, -0.2) is 25.7 Å². The van der Waals surface area contributed by atoms with Crippen LogP contribution in [0.2, 0.25) is 0 Å². The van der Waals surface area contributed by atoms with Gasteiger partial charge in [-0.3, -0.25) is 9.78 Å². The quantitative estimate of drug-likeness (QED) is 0.789. The second-order valence-corrected chi connectivity index (χ2v) is 5.18. The lowest BCUT2D eigenvalue weighted by Gasteiger charge is -2.07. The minimum atomic E-state index is -4.45. The molecule has 0 saturated heterocycles. The molecule has 6 nitrogen and oxygen atoms in total. The fourth-order valence-corrected chi connectivity index (χ4v) is 2.13. The lowest BCUT2D eigenvalue weighted by Crippen LogP contribution is -2.13. The minimum Gasteiger partial charge on any atom is -0.305 e. The number of aryl methyl sites for hydroxylation is 1. The number of pyridine rings is 2. The number of anilines is 1. The Bertz CT molecular complexity index is 888. The van der Waals surface area contributed by atoms with Gasteiger partial charge in [-0.25, -0.2) is 9.67 Å². The summed E-state index contributed by atoms with van der Waals surface area (Å²) in [6.07, 6.45) is -0.750. The molecular weight excluding hydrogens is 335 g/mol. The zero-order valence-electron chi connectivity index (χ0n) is 12.9. The van der Waals surface area contributed by atoms with Crippen molar-refractivity contribution in [1.82, 2.24) is 19.7 Å². The monoisotopic (exact) mass is 347 g/mol. The molecule has 0 aliphatic carbocycles. The van der Waals surface area contributed by atoms with Gasteiger partial charge in [0.25, 0.3) is 5.91 Å². The Morgan fingerprint density at radius 3 is 2.60 bits per heavy atom. The molecule has 0 fully saturated rings. The number of alkyl halides is 3. The van der Waals surface area contributed by atoms with Crippen LogP contribution < -0.4 is 5.32 Å². The van der Waals surface area contributed by atoms with Gasteiger partial charge in [0.2, 0.25) is 0 Å². The number of carbonyl (C=O) groups is 1. The zero-order valence-corrected chi connectivity index (χ0v) is 12.9. The molecule has 3 aromatic rings. The Balaban J connectivity index is 1.82. The Hall–Kier alpha value is -3.23. The molecule has 0 bridgehead atoms. The summed E-state index contributed by atoms with van der Waals surface area (Å²) in [4.78, 5) is 19.7. The van der Waals surface area contributed by atoms with E-state index in [1.807, 2.05) is 0 Å². The van der Waals surface area contributed by atoms with Gasteiger partial charge in [-0.05, 0) is 31.2 Å². The van der Waals surface area contributed by atoms with Crippen molar-refractivity contribution in [2.75, 3.05) is 5.32 Å². The number of nitrogens with one attached hydrogen (secondary N) is 1. The molecule has 0 aliphatic rings. The third-order valence-electron chi connectivity index (χ3n) is 3.34. The summed E-state index contributed by atoms with van der Waals surface area (Å²) in [5.74, 6) is 0.0820. The van der Waals surface area contributed by atoms with E-state index in [1.165, 1.54) is 16.9 Å². The number of amides is 1. The maximum Gasteiger partial charge on any atom is 0.417 e. The number of nitrogens with zero attached hydrogens (tertiary/aromatic N) is 4. The van der Waals surface area contributed by atoms with Crippen LogP contribution >= 0.6 is 0 Å². The van der Waals surface area contributed by atoms with Crippen LogP contribution in [0.4, 0.5) is 19.0 Å². The molecule has 1 N–H and O–H groups in total. The van der Waals surface area contributed by atoms with Crippen molar-refractivity contribution in [3.05, 3.63) is 65.7 Å². The standard InChI is InChI=1S/C16H12F3N5O/c1-10-7-13(22-15(25)11-3-2-6-20-8-11)23-24(10)14-5-4-12(9-21-14)16(17,18)19/h2-9H,1H3,(H,22,23,25). The maximum absolute atomic E-state index is 12.6. The Labute approximate surface area is 140 Å². The minimum absolute atomic E-state index is 0.215. The average molecular weight is 347 g/mol. The van der Waals surface area contributed by atoms with Crippen LogP contribution in [0.25, 0.3) is 5.82 Å². The number of rotatable bonds is 3. The second-order valence-electron chi connectivity index (χ2n) is 5.18. The summed E-state index contributed by atoms with van der Waals surface area (Å²) in [7, 11) is 0. The molecule has 9 heteroatoms. The molecule has 0 unspecified atom stereocenters. The van der Waals surface area contributed by atoms with Gasteiger partial charge in [-0.2, -0.15) is 13.2 Å². The Morgan fingerprint density at radius 2 is 2.00 bits per heavy atom. The molecule has 0 saturated carbocycles. The molecule has 1 amide bonds. The molecule has 3 aromatic heterocycles. The zero-order chi connectivity index (χ0) is 18.0.